The van der Waals surface area contributed by atoms with Crippen LogP contribution in [0.1, 0.15) is 23.5 Å². The fraction of sp³-hybridized carbons (Fsp3) is 0.250. The van der Waals surface area contributed by atoms with Crippen LogP contribution in [0.4, 0.5) is 10.1 Å². The van der Waals surface area contributed by atoms with Crippen molar-refractivity contribution >= 4 is 34.3 Å². The lowest BCUT2D eigenvalue weighted by Crippen LogP contribution is -2.33. The largest absolute Gasteiger partial charge is 0.358 e. The number of amides is 3. The topological polar surface area (TPSA) is 96.3 Å². The second kappa shape index (κ2) is 8.85. The zero-order chi connectivity index (χ0) is 23.7. The molecule has 9 heteroatoms. The lowest BCUT2D eigenvalue weighted by Gasteiger charge is -2.28. The highest BCUT2D eigenvalue weighted by molar-refractivity contribution is 6.07. The summed E-state index contributed by atoms with van der Waals surface area (Å²) < 4.78 is 15.0. The smallest absolute Gasteiger partial charge is 0.253 e. The molecule has 1 atom stereocenters. The van der Waals surface area contributed by atoms with Gasteiger partial charge in [0.05, 0.1) is 11.7 Å². The first-order valence-corrected chi connectivity index (χ1v) is 10.5. The fourth-order valence-corrected chi connectivity index (χ4v) is 3.92. The van der Waals surface area contributed by atoms with E-state index in [-0.39, 0.29) is 36.5 Å². The highest BCUT2D eigenvalue weighted by Crippen LogP contribution is 2.34. The maximum absolute atomic E-state index is 13.4. The van der Waals surface area contributed by atoms with Crippen molar-refractivity contribution < 1.29 is 18.8 Å². The van der Waals surface area contributed by atoms with Crippen LogP contribution in [0.3, 0.4) is 0 Å². The third-order valence-corrected chi connectivity index (χ3v) is 5.82. The van der Waals surface area contributed by atoms with Gasteiger partial charge in [-0.2, -0.15) is 5.10 Å². The monoisotopic (exact) mass is 449 g/mol. The molecule has 0 unspecified atom stereocenters. The van der Waals surface area contributed by atoms with Crippen molar-refractivity contribution in [3.8, 4) is 0 Å². The molecule has 0 fully saturated rings. The Labute approximate surface area is 190 Å². The number of aryl methyl sites for hydroxylation is 1. The Hall–Kier alpha value is -4.01. The van der Waals surface area contributed by atoms with E-state index in [1.54, 1.807) is 43.2 Å². The van der Waals surface area contributed by atoms with E-state index in [1.807, 2.05) is 13.0 Å². The number of nitrogens with zero attached hydrogens (tertiary/aromatic N) is 3. The van der Waals surface area contributed by atoms with Gasteiger partial charge in [0.15, 0.2) is 0 Å². The molecule has 8 nitrogen and oxygen atoms in total. The lowest BCUT2D eigenvalue weighted by atomic mass is 9.85. The van der Waals surface area contributed by atoms with E-state index in [0.717, 1.165) is 10.9 Å². The van der Waals surface area contributed by atoms with Gasteiger partial charge in [0, 0.05) is 49.3 Å². The molecule has 0 aliphatic carbocycles. The average Bonchev–Trinajstić information content (AvgIpc) is 3.17. The maximum atomic E-state index is 13.4. The molecule has 2 heterocycles. The van der Waals surface area contributed by atoms with Crippen molar-refractivity contribution in [1.82, 2.24) is 20.0 Å². The molecule has 0 radical (unpaired) electrons. The predicted octanol–water partition coefficient (Wildman–Crippen LogP) is 2.70. The Morgan fingerprint density at radius 3 is 2.64 bits per heavy atom. The van der Waals surface area contributed by atoms with E-state index in [4.69, 9.17) is 0 Å². The molecular formula is C24H24FN5O3. The summed E-state index contributed by atoms with van der Waals surface area (Å²) in [5.41, 5.74) is 3.20. The van der Waals surface area contributed by atoms with E-state index < -0.39 is 5.92 Å². The van der Waals surface area contributed by atoms with Gasteiger partial charge in [0.1, 0.15) is 12.4 Å². The summed E-state index contributed by atoms with van der Waals surface area (Å²) in [6.07, 6.45) is 3.31. The number of rotatable bonds is 5. The van der Waals surface area contributed by atoms with Crippen LogP contribution in [-0.4, -0.2) is 46.5 Å². The van der Waals surface area contributed by atoms with Crippen LogP contribution in [0.2, 0.25) is 0 Å². The average molecular weight is 449 g/mol. The zero-order valence-electron chi connectivity index (χ0n) is 18.6. The third kappa shape index (κ3) is 4.48. The molecule has 0 spiro atoms. The number of benzene rings is 2. The van der Waals surface area contributed by atoms with E-state index in [2.05, 4.69) is 15.7 Å². The van der Waals surface area contributed by atoms with Crippen molar-refractivity contribution in [2.75, 3.05) is 19.4 Å². The molecular weight excluding hydrogens is 425 g/mol. The van der Waals surface area contributed by atoms with Crippen LogP contribution in [0, 0.1) is 12.7 Å². The van der Waals surface area contributed by atoms with E-state index in [1.165, 1.54) is 23.2 Å². The van der Waals surface area contributed by atoms with E-state index >= 15 is 0 Å². The van der Waals surface area contributed by atoms with Gasteiger partial charge < -0.3 is 15.5 Å². The summed E-state index contributed by atoms with van der Waals surface area (Å²) in [5, 5.41) is 10.6. The van der Waals surface area contributed by atoms with Gasteiger partial charge in [-0.05, 0) is 42.3 Å². The van der Waals surface area contributed by atoms with Gasteiger partial charge in [-0.1, -0.05) is 12.1 Å². The molecule has 170 valence electrons. The van der Waals surface area contributed by atoms with Crippen LogP contribution in [0.25, 0.3) is 10.9 Å². The molecule has 2 N–H and O–H groups in total. The molecule has 3 amide bonds. The number of carbonyl (C=O) groups excluding carboxylic acids is 3. The van der Waals surface area contributed by atoms with Crippen molar-refractivity contribution in [3.05, 3.63) is 71.3 Å². The summed E-state index contributed by atoms with van der Waals surface area (Å²) in [6.45, 7) is 1.93. The minimum absolute atomic E-state index is 0.0567. The van der Waals surface area contributed by atoms with Gasteiger partial charge in [-0.3, -0.25) is 19.1 Å². The first kappa shape index (κ1) is 22.2. The van der Waals surface area contributed by atoms with Crippen LogP contribution in [0.5, 0.6) is 0 Å². The molecule has 0 saturated heterocycles. The SMILES string of the molecule is CNC(=O)Cn1ncc2cc(C)c(NC(=O)C3=CN(C)C(=O)C[C@H]3c3ccc(F)cc3)cc21. The van der Waals surface area contributed by atoms with Gasteiger partial charge in [-0.15, -0.1) is 0 Å². The predicted molar refractivity (Wildman–Crippen MR) is 122 cm³/mol. The Kier molecular flexibility index (Phi) is 5.95. The fourth-order valence-electron chi connectivity index (χ4n) is 3.92. The van der Waals surface area contributed by atoms with Crippen LogP contribution in [0.15, 0.2) is 54.4 Å². The summed E-state index contributed by atoms with van der Waals surface area (Å²) in [5.74, 6) is -1.55. The number of anilines is 1. The molecule has 2 aromatic carbocycles. The molecule has 0 bridgehead atoms. The number of fused-ring (bicyclic) bond motifs is 1. The highest BCUT2D eigenvalue weighted by Gasteiger charge is 2.31. The molecule has 1 aliphatic heterocycles. The van der Waals surface area contributed by atoms with E-state index in [9.17, 15) is 18.8 Å². The first-order chi connectivity index (χ1) is 15.8. The third-order valence-electron chi connectivity index (χ3n) is 5.82. The van der Waals surface area contributed by atoms with Gasteiger partial charge >= 0.3 is 0 Å². The molecule has 1 aliphatic rings. The lowest BCUT2D eigenvalue weighted by molar-refractivity contribution is -0.128. The van der Waals surface area contributed by atoms with Crippen molar-refractivity contribution in [2.24, 2.45) is 0 Å². The van der Waals surface area contributed by atoms with Crippen LogP contribution >= 0.6 is 0 Å². The summed E-state index contributed by atoms with van der Waals surface area (Å²) in [6, 6.07) is 9.49. The summed E-state index contributed by atoms with van der Waals surface area (Å²) >= 11 is 0. The zero-order valence-corrected chi connectivity index (χ0v) is 18.6. The Morgan fingerprint density at radius 1 is 1.21 bits per heavy atom. The number of nitrogens with one attached hydrogen (secondary N) is 2. The number of hydrogen-bond donors (Lipinski definition) is 2. The quantitative estimate of drug-likeness (QED) is 0.626. The first-order valence-electron chi connectivity index (χ1n) is 10.5. The molecule has 3 aromatic rings. The van der Waals surface area contributed by atoms with Gasteiger partial charge in [-0.25, -0.2) is 4.39 Å². The molecule has 33 heavy (non-hydrogen) atoms. The van der Waals surface area contributed by atoms with Gasteiger partial charge in [0.2, 0.25) is 11.8 Å². The van der Waals surface area contributed by atoms with Crippen LogP contribution in [-0.2, 0) is 20.9 Å². The highest BCUT2D eigenvalue weighted by atomic mass is 19.1. The minimum Gasteiger partial charge on any atom is -0.358 e. The van der Waals surface area contributed by atoms with Crippen LogP contribution < -0.4 is 10.6 Å². The Morgan fingerprint density at radius 2 is 1.94 bits per heavy atom. The minimum atomic E-state index is -0.489. The second-order valence-electron chi connectivity index (χ2n) is 8.05. The summed E-state index contributed by atoms with van der Waals surface area (Å²) in [7, 11) is 3.16. The normalized spacial score (nSPS) is 16.0. The Bertz CT molecular complexity index is 1280. The summed E-state index contributed by atoms with van der Waals surface area (Å²) in [4.78, 5) is 38.8. The molecule has 4 rings (SSSR count). The maximum Gasteiger partial charge on any atom is 0.253 e. The van der Waals surface area contributed by atoms with Gasteiger partial charge in [0.25, 0.3) is 5.91 Å². The number of likely N-dealkylation sites (N-methyl/N-ethyl adjacent to an activating group) is 1. The number of hydrogen-bond acceptors (Lipinski definition) is 4. The van der Waals surface area contributed by atoms with Crippen molar-refractivity contribution in [3.63, 3.8) is 0 Å². The molecule has 1 aromatic heterocycles. The Balaban J connectivity index is 1.66. The second-order valence-corrected chi connectivity index (χ2v) is 8.05. The number of aromatic nitrogens is 2. The van der Waals surface area contributed by atoms with Crippen molar-refractivity contribution in [1.29, 1.82) is 0 Å². The van der Waals surface area contributed by atoms with Crippen molar-refractivity contribution in [2.45, 2.75) is 25.8 Å². The standard InChI is InChI=1S/C24H24FN5O3/c1-14-8-16-11-27-30(13-22(31)26-2)21(16)10-20(14)28-24(33)19-12-29(3)23(32)9-18(19)15-4-6-17(25)7-5-15/h4-8,10-12,18H,9,13H2,1-3H3,(H,26,31)(H,28,33)/t18-/m0/s1. The number of halogens is 1. The van der Waals surface area contributed by atoms with E-state index in [0.29, 0.717) is 22.3 Å². The number of carbonyl (C=O) groups is 3. The molecule has 0 saturated carbocycles.